The number of nitrogens with zero attached hydrogens (tertiary/aromatic N) is 1. The number of benzene rings is 1. The van der Waals surface area contributed by atoms with Gasteiger partial charge in [0.05, 0.1) is 6.61 Å². The normalized spacial score (nSPS) is 12.3. The number of thiophene rings is 1. The van der Waals surface area contributed by atoms with Crippen molar-refractivity contribution in [3.8, 4) is 0 Å². The van der Waals surface area contributed by atoms with E-state index in [0.717, 1.165) is 51.5 Å². The second kappa shape index (κ2) is 14.9. The van der Waals surface area contributed by atoms with E-state index in [1.807, 2.05) is 13.1 Å². The first-order valence-corrected chi connectivity index (χ1v) is 10.3. The highest BCUT2D eigenvalue weighted by Crippen LogP contribution is 2.19. The van der Waals surface area contributed by atoms with E-state index in [4.69, 9.17) is 4.74 Å². The molecule has 1 unspecified atom stereocenters. The molecule has 0 radical (unpaired) electrons. The monoisotopic (exact) mass is 501 g/mol. The van der Waals surface area contributed by atoms with Gasteiger partial charge in [0.25, 0.3) is 0 Å². The molecule has 0 bridgehead atoms. The SMILES string of the molecule is CN=C(NCCCCOCCc1ccccc1)NCC(C)c1cccs1.I. The van der Waals surface area contributed by atoms with Gasteiger partial charge in [0, 0.05) is 37.5 Å². The van der Waals surface area contributed by atoms with Gasteiger partial charge in [0.2, 0.25) is 0 Å². The average Bonchev–Trinajstić information content (AvgIpc) is 3.21. The third-order valence-electron chi connectivity index (χ3n) is 4.21. The quantitative estimate of drug-likeness (QED) is 0.204. The predicted octanol–water partition coefficient (Wildman–Crippen LogP) is 4.67. The van der Waals surface area contributed by atoms with Crippen molar-refractivity contribution in [3.05, 3.63) is 58.3 Å². The number of guanidine groups is 1. The molecule has 1 atom stereocenters. The fraction of sp³-hybridized carbons (Fsp3) is 0.476. The van der Waals surface area contributed by atoms with Crippen molar-refractivity contribution in [1.29, 1.82) is 0 Å². The molecular weight excluding hydrogens is 469 g/mol. The molecule has 0 spiro atoms. The molecule has 0 fully saturated rings. The minimum Gasteiger partial charge on any atom is -0.381 e. The van der Waals surface area contributed by atoms with Gasteiger partial charge in [-0.1, -0.05) is 43.3 Å². The van der Waals surface area contributed by atoms with Crippen molar-refractivity contribution in [2.45, 2.75) is 32.1 Å². The van der Waals surface area contributed by atoms with Crippen LogP contribution in [0.15, 0.2) is 52.8 Å². The number of rotatable bonds is 11. The first-order valence-electron chi connectivity index (χ1n) is 9.39. The molecule has 0 aliphatic heterocycles. The van der Waals surface area contributed by atoms with Crippen LogP contribution in [0.4, 0.5) is 0 Å². The van der Waals surface area contributed by atoms with Gasteiger partial charge in [-0.3, -0.25) is 4.99 Å². The number of aliphatic imine (C=N–C) groups is 1. The lowest BCUT2D eigenvalue weighted by molar-refractivity contribution is 0.133. The molecule has 0 saturated carbocycles. The van der Waals surface area contributed by atoms with Crippen LogP contribution < -0.4 is 10.6 Å². The van der Waals surface area contributed by atoms with Gasteiger partial charge in [-0.15, -0.1) is 35.3 Å². The number of hydrogen-bond acceptors (Lipinski definition) is 3. The molecule has 0 aliphatic rings. The van der Waals surface area contributed by atoms with Crippen LogP contribution in [0.2, 0.25) is 0 Å². The minimum absolute atomic E-state index is 0. The molecule has 1 heterocycles. The van der Waals surface area contributed by atoms with Gasteiger partial charge in [-0.25, -0.2) is 0 Å². The van der Waals surface area contributed by atoms with E-state index >= 15 is 0 Å². The summed E-state index contributed by atoms with van der Waals surface area (Å²) in [6, 6.07) is 14.8. The van der Waals surface area contributed by atoms with Crippen molar-refractivity contribution in [3.63, 3.8) is 0 Å². The number of halogens is 1. The second-order valence-electron chi connectivity index (χ2n) is 6.35. The zero-order chi connectivity index (χ0) is 18.5. The third kappa shape index (κ3) is 10.1. The Morgan fingerprint density at radius 2 is 1.89 bits per heavy atom. The summed E-state index contributed by atoms with van der Waals surface area (Å²) in [6.07, 6.45) is 3.12. The Morgan fingerprint density at radius 1 is 1.07 bits per heavy atom. The maximum atomic E-state index is 5.72. The summed E-state index contributed by atoms with van der Waals surface area (Å²) in [5, 5.41) is 8.90. The van der Waals surface area contributed by atoms with E-state index in [0.29, 0.717) is 5.92 Å². The van der Waals surface area contributed by atoms with Crippen LogP contribution >= 0.6 is 35.3 Å². The van der Waals surface area contributed by atoms with E-state index in [9.17, 15) is 0 Å². The highest BCUT2D eigenvalue weighted by atomic mass is 127. The van der Waals surface area contributed by atoms with Crippen LogP contribution in [-0.2, 0) is 11.2 Å². The van der Waals surface area contributed by atoms with Crippen molar-refractivity contribution < 1.29 is 4.74 Å². The summed E-state index contributed by atoms with van der Waals surface area (Å²) in [7, 11) is 1.82. The lowest BCUT2D eigenvalue weighted by Gasteiger charge is -2.15. The minimum atomic E-state index is 0. The summed E-state index contributed by atoms with van der Waals surface area (Å²) >= 11 is 1.81. The first-order chi connectivity index (χ1) is 12.8. The van der Waals surface area contributed by atoms with Crippen molar-refractivity contribution in [2.24, 2.45) is 4.99 Å². The molecule has 1 aromatic heterocycles. The molecule has 150 valence electrons. The fourth-order valence-corrected chi connectivity index (χ4v) is 3.40. The first kappa shape index (κ1) is 23.9. The summed E-state index contributed by atoms with van der Waals surface area (Å²) in [4.78, 5) is 5.69. The van der Waals surface area contributed by atoms with E-state index in [1.54, 1.807) is 11.3 Å². The molecule has 2 aromatic rings. The zero-order valence-corrected chi connectivity index (χ0v) is 19.5. The van der Waals surface area contributed by atoms with Gasteiger partial charge in [0.15, 0.2) is 5.96 Å². The Hall–Kier alpha value is -1.12. The van der Waals surface area contributed by atoms with Crippen LogP contribution in [0.3, 0.4) is 0 Å². The standard InChI is InChI=1S/C21H31N3OS.HI/c1-18(20-11-8-16-26-20)17-24-21(22-2)23-13-6-7-14-25-15-12-19-9-4-3-5-10-19;/h3-5,8-11,16,18H,6-7,12-15,17H2,1-2H3,(H2,22,23,24);1H. The van der Waals surface area contributed by atoms with Gasteiger partial charge in [-0.2, -0.15) is 0 Å². The van der Waals surface area contributed by atoms with Gasteiger partial charge in [-0.05, 0) is 36.3 Å². The van der Waals surface area contributed by atoms with Crippen LogP contribution in [0.25, 0.3) is 0 Å². The summed E-state index contributed by atoms with van der Waals surface area (Å²) in [6.45, 7) is 5.65. The zero-order valence-electron chi connectivity index (χ0n) is 16.3. The van der Waals surface area contributed by atoms with Gasteiger partial charge >= 0.3 is 0 Å². The molecule has 4 nitrogen and oxygen atoms in total. The number of hydrogen-bond donors (Lipinski definition) is 2. The summed E-state index contributed by atoms with van der Waals surface area (Å²) < 4.78 is 5.72. The number of unbranched alkanes of at least 4 members (excludes halogenated alkanes) is 1. The Bertz CT molecular complexity index is 620. The fourth-order valence-electron chi connectivity index (χ4n) is 2.62. The molecular formula is C21H32IN3OS. The lowest BCUT2D eigenvalue weighted by atomic mass is 10.1. The molecule has 6 heteroatoms. The number of nitrogens with one attached hydrogen (secondary N) is 2. The predicted molar refractivity (Wildman–Crippen MR) is 128 cm³/mol. The third-order valence-corrected chi connectivity index (χ3v) is 5.32. The Kier molecular flexibility index (Phi) is 13.2. The maximum Gasteiger partial charge on any atom is 0.190 e. The van der Waals surface area contributed by atoms with E-state index in [1.165, 1.54) is 10.4 Å². The van der Waals surface area contributed by atoms with Crippen molar-refractivity contribution in [1.82, 2.24) is 10.6 Å². The Morgan fingerprint density at radius 3 is 2.59 bits per heavy atom. The Labute approximate surface area is 184 Å². The molecule has 27 heavy (non-hydrogen) atoms. The highest BCUT2D eigenvalue weighted by molar-refractivity contribution is 14.0. The van der Waals surface area contributed by atoms with Crippen molar-refractivity contribution >= 4 is 41.3 Å². The van der Waals surface area contributed by atoms with Gasteiger partial charge in [0.1, 0.15) is 0 Å². The maximum absolute atomic E-state index is 5.72. The Balaban J connectivity index is 0.00000364. The molecule has 1 aromatic carbocycles. The van der Waals surface area contributed by atoms with Gasteiger partial charge < -0.3 is 15.4 Å². The molecule has 0 amide bonds. The van der Waals surface area contributed by atoms with E-state index in [2.05, 4.69) is 64.3 Å². The molecule has 2 rings (SSSR count). The van der Waals surface area contributed by atoms with Crippen molar-refractivity contribution in [2.75, 3.05) is 33.4 Å². The largest absolute Gasteiger partial charge is 0.381 e. The average molecular weight is 501 g/mol. The van der Waals surface area contributed by atoms with Crippen LogP contribution in [0.1, 0.15) is 36.1 Å². The molecule has 2 N–H and O–H groups in total. The lowest BCUT2D eigenvalue weighted by Crippen LogP contribution is -2.39. The molecule has 0 saturated heterocycles. The van der Waals surface area contributed by atoms with E-state index in [-0.39, 0.29) is 24.0 Å². The summed E-state index contributed by atoms with van der Waals surface area (Å²) in [5.74, 6) is 1.37. The van der Waals surface area contributed by atoms with Crippen LogP contribution in [0, 0.1) is 0 Å². The van der Waals surface area contributed by atoms with Crippen LogP contribution in [-0.4, -0.2) is 39.3 Å². The smallest absolute Gasteiger partial charge is 0.190 e. The highest BCUT2D eigenvalue weighted by Gasteiger charge is 2.07. The van der Waals surface area contributed by atoms with Crippen LogP contribution in [0.5, 0.6) is 0 Å². The van der Waals surface area contributed by atoms with E-state index < -0.39 is 0 Å². The topological polar surface area (TPSA) is 45.7 Å². The second-order valence-corrected chi connectivity index (χ2v) is 7.33. The number of ether oxygens (including phenoxy) is 1. The molecule has 0 aliphatic carbocycles. The summed E-state index contributed by atoms with van der Waals surface area (Å²) in [5.41, 5.74) is 1.33.